The number of nitrogens with zero attached hydrogens (tertiary/aromatic N) is 2. The van der Waals surface area contributed by atoms with Gasteiger partial charge in [-0.1, -0.05) is 22.0 Å². The quantitative estimate of drug-likeness (QED) is 0.808. The summed E-state index contributed by atoms with van der Waals surface area (Å²) < 4.78 is 0.972. The number of hydrogen-bond acceptors (Lipinski definition) is 2. The highest BCUT2D eigenvalue weighted by molar-refractivity contribution is 9.10. The topological polar surface area (TPSA) is 33.2 Å². The van der Waals surface area contributed by atoms with Crippen LogP contribution in [0.2, 0.25) is 0 Å². The van der Waals surface area contributed by atoms with E-state index in [-0.39, 0.29) is 5.91 Å². The highest BCUT2D eigenvalue weighted by atomic mass is 79.9. The average Bonchev–Trinajstić information content (AvgIpc) is 2.65. The highest BCUT2D eigenvalue weighted by Gasteiger charge is 2.28. The second kappa shape index (κ2) is 3.96. The molecule has 1 aliphatic rings. The Morgan fingerprint density at radius 1 is 1.29 bits per heavy atom. The summed E-state index contributed by atoms with van der Waals surface area (Å²) in [7, 11) is 0. The third kappa shape index (κ3) is 1.74. The Balaban J connectivity index is 2.14. The first kappa shape index (κ1) is 10.5. The monoisotopic (exact) mass is 288 g/mol. The second-order valence-corrected chi connectivity index (χ2v) is 4.81. The van der Waals surface area contributed by atoms with Crippen molar-refractivity contribution in [2.45, 2.75) is 6.42 Å². The number of anilines is 2. The van der Waals surface area contributed by atoms with Crippen molar-refractivity contribution in [3.63, 3.8) is 0 Å². The first-order valence-corrected chi connectivity index (χ1v) is 6.06. The molecule has 0 fully saturated rings. The Hall–Kier alpha value is -1.68. The fourth-order valence-electron chi connectivity index (χ4n) is 2.04. The van der Waals surface area contributed by atoms with Crippen molar-refractivity contribution in [2.24, 2.45) is 0 Å². The first-order valence-electron chi connectivity index (χ1n) is 5.27. The van der Waals surface area contributed by atoms with Gasteiger partial charge < -0.3 is 0 Å². The van der Waals surface area contributed by atoms with Crippen molar-refractivity contribution < 1.29 is 4.79 Å². The van der Waals surface area contributed by atoms with Gasteiger partial charge in [0, 0.05) is 10.7 Å². The maximum atomic E-state index is 12.0. The minimum Gasteiger partial charge on any atom is -0.279 e. The second-order valence-electron chi connectivity index (χ2n) is 3.89. The lowest BCUT2D eigenvalue weighted by molar-refractivity contribution is -0.116. The zero-order chi connectivity index (χ0) is 11.8. The molecule has 0 saturated carbocycles. The van der Waals surface area contributed by atoms with E-state index in [4.69, 9.17) is 0 Å². The van der Waals surface area contributed by atoms with Crippen LogP contribution in [0.15, 0.2) is 47.2 Å². The van der Waals surface area contributed by atoms with Gasteiger partial charge in [0.05, 0.1) is 24.0 Å². The lowest BCUT2D eigenvalue weighted by Crippen LogP contribution is -2.20. The highest BCUT2D eigenvalue weighted by Crippen LogP contribution is 2.36. The van der Waals surface area contributed by atoms with Gasteiger partial charge in [0.1, 0.15) is 0 Å². The number of benzene rings is 1. The van der Waals surface area contributed by atoms with Gasteiger partial charge >= 0.3 is 0 Å². The SMILES string of the molecule is O=C1Cc2ccc(Br)cc2N1c1cccnc1. The first-order chi connectivity index (χ1) is 8.25. The van der Waals surface area contributed by atoms with E-state index in [9.17, 15) is 4.79 Å². The summed E-state index contributed by atoms with van der Waals surface area (Å²) in [5, 5.41) is 0. The predicted octanol–water partition coefficient (Wildman–Crippen LogP) is 3.06. The predicted molar refractivity (Wildman–Crippen MR) is 69.2 cm³/mol. The normalized spacial score (nSPS) is 13.9. The lowest BCUT2D eigenvalue weighted by atomic mass is 10.2. The molecule has 0 bridgehead atoms. The van der Waals surface area contributed by atoms with E-state index in [0.717, 1.165) is 21.4 Å². The fourth-order valence-corrected chi connectivity index (χ4v) is 2.39. The van der Waals surface area contributed by atoms with Gasteiger partial charge in [0.25, 0.3) is 0 Å². The van der Waals surface area contributed by atoms with Crippen LogP contribution in [0.3, 0.4) is 0 Å². The molecule has 0 N–H and O–H groups in total. The van der Waals surface area contributed by atoms with Gasteiger partial charge in [-0.05, 0) is 29.8 Å². The third-order valence-electron chi connectivity index (χ3n) is 2.78. The van der Waals surface area contributed by atoms with Crippen molar-refractivity contribution >= 4 is 33.2 Å². The average molecular weight is 289 g/mol. The van der Waals surface area contributed by atoms with Gasteiger partial charge in [-0.3, -0.25) is 14.7 Å². The molecular weight excluding hydrogens is 280 g/mol. The summed E-state index contributed by atoms with van der Waals surface area (Å²) in [4.78, 5) is 17.8. The molecule has 3 nitrogen and oxygen atoms in total. The van der Waals surface area contributed by atoms with Gasteiger partial charge in [-0.15, -0.1) is 0 Å². The van der Waals surface area contributed by atoms with Crippen LogP contribution in [0, 0.1) is 0 Å². The molecule has 2 aromatic rings. The maximum Gasteiger partial charge on any atom is 0.236 e. The van der Waals surface area contributed by atoms with Crippen molar-refractivity contribution in [3.8, 4) is 0 Å². The molecule has 0 radical (unpaired) electrons. The molecule has 84 valence electrons. The number of amides is 1. The van der Waals surface area contributed by atoms with Crippen LogP contribution in [0.1, 0.15) is 5.56 Å². The molecule has 0 unspecified atom stereocenters. The Kier molecular flexibility index (Phi) is 2.44. The molecular formula is C13H9BrN2O. The van der Waals surface area contributed by atoms with Crippen molar-refractivity contribution in [1.82, 2.24) is 4.98 Å². The minimum atomic E-state index is 0.0890. The van der Waals surface area contributed by atoms with Crippen molar-refractivity contribution in [1.29, 1.82) is 0 Å². The van der Waals surface area contributed by atoms with Crippen LogP contribution in [0.4, 0.5) is 11.4 Å². The van der Waals surface area contributed by atoms with Crippen molar-refractivity contribution in [2.75, 3.05) is 4.90 Å². The molecule has 0 spiro atoms. The van der Waals surface area contributed by atoms with Gasteiger partial charge in [-0.2, -0.15) is 0 Å². The number of hydrogen-bond donors (Lipinski definition) is 0. The fraction of sp³-hybridized carbons (Fsp3) is 0.0769. The molecule has 1 aliphatic heterocycles. The van der Waals surface area contributed by atoms with E-state index in [2.05, 4.69) is 20.9 Å². The summed E-state index contributed by atoms with van der Waals surface area (Å²) in [5.41, 5.74) is 2.81. The summed E-state index contributed by atoms with van der Waals surface area (Å²) in [5.74, 6) is 0.0890. The molecule has 0 aliphatic carbocycles. The van der Waals surface area contributed by atoms with Crippen LogP contribution in [0.5, 0.6) is 0 Å². The summed E-state index contributed by atoms with van der Waals surface area (Å²) in [6.07, 6.45) is 3.86. The third-order valence-corrected chi connectivity index (χ3v) is 3.28. The zero-order valence-electron chi connectivity index (χ0n) is 8.93. The number of carbonyl (C=O) groups excluding carboxylic acids is 1. The Labute approximate surface area is 107 Å². The number of aromatic nitrogens is 1. The maximum absolute atomic E-state index is 12.0. The van der Waals surface area contributed by atoms with Gasteiger partial charge in [-0.25, -0.2) is 0 Å². The number of halogens is 1. The summed E-state index contributed by atoms with van der Waals surface area (Å²) >= 11 is 3.43. The largest absolute Gasteiger partial charge is 0.279 e. The lowest BCUT2D eigenvalue weighted by Gasteiger charge is -2.17. The van der Waals surface area contributed by atoms with Gasteiger partial charge in [0.2, 0.25) is 5.91 Å². The number of fused-ring (bicyclic) bond motifs is 1. The van der Waals surface area contributed by atoms with Crippen LogP contribution in [0.25, 0.3) is 0 Å². The van der Waals surface area contributed by atoms with Crippen LogP contribution < -0.4 is 4.90 Å². The molecule has 17 heavy (non-hydrogen) atoms. The van der Waals surface area contributed by atoms with E-state index in [1.165, 1.54) is 0 Å². The Bertz CT molecular complexity index is 583. The Morgan fingerprint density at radius 2 is 2.18 bits per heavy atom. The molecule has 4 heteroatoms. The van der Waals surface area contributed by atoms with Crippen molar-refractivity contribution in [3.05, 3.63) is 52.8 Å². The zero-order valence-corrected chi connectivity index (χ0v) is 10.5. The molecule has 1 aromatic carbocycles. The van der Waals surface area contributed by atoms with E-state index < -0.39 is 0 Å². The smallest absolute Gasteiger partial charge is 0.236 e. The van der Waals surface area contributed by atoms with E-state index >= 15 is 0 Å². The standard InChI is InChI=1S/C13H9BrN2O/c14-10-4-3-9-6-13(17)16(12(9)7-10)11-2-1-5-15-8-11/h1-5,7-8H,6H2. The van der Waals surface area contributed by atoms with Crippen LogP contribution in [-0.4, -0.2) is 10.9 Å². The van der Waals surface area contributed by atoms with Gasteiger partial charge in [0.15, 0.2) is 0 Å². The molecule has 2 heterocycles. The molecule has 0 atom stereocenters. The minimum absolute atomic E-state index is 0.0890. The van der Waals surface area contributed by atoms with E-state index in [0.29, 0.717) is 6.42 Å². The summed E-state index contributed by atoms with van der Waals surface area (Å²) in [6, 6.07) is 9.62. The van der Waals surface area contributed by atoms with Crippen LogP contribution >= 0.6 is 15.9 Å². The molecule has 1 amide bonds. The molecule has 0 saturated heterocycles. The number of carbonyl (C=O) groups is 1. The summed E-state index contributed by atoms with van der Waals surface area (Å²) in [6.45, 7) is 0. The Morgan fingerprint density at radius 3 is 2.94 bits per heavy atom. The number of pyridine rings is 1. The molecule has 1 aromatic heterocycles. The van der Waals surface area contributed by atoms with E-state index in [1.807, 2.05) is 30.3 Å². The number of rotatable bonds is 1. The van der Waals surface area contributed by atoms with Crippen LogP contribution in [-0.2, 0) is 11.2 Å². The molecule has 3 rings (SSSR count). The van der Waals surface area contributed by atoms with E-state index in [1.54, 1.807) is 17.3 Å².